The minimum Gasteiger partial charge on any atom is -0.477 e. The average molecular weight is 352 g/mol. The lowest BCUT2D eigenvalue weighted by molar-refractivity contribution is -0.128. The van der Waals surface area contributed by atoms with Crippen molar-refractivity contribution >= 4 is 17.5 Å². The maximum absolute atomic E-state index is 12.9. The van der Waals surface area contributed by atoms with Crippen molar-refractivity contribution < 1.29 is 14.3 Å². The molecule has 2 aromatic rings. The molecular weight excluding hydrogens is 328 g/mol. The Morgan fingerprint density at radius 3 is 2.62 bits per heavy atom. The summed E-state index contributed by atoms with van der Waals surface area (Å²) in [5.41, 5.74) is 2.83. The third kappa shape index (κ3) is 4.04. The number of nitrogens with one attached hydrogen (secondary N) is 1. The van der Waals surface area contributed by atoms with Crippen LogP contribution >= 0.6 is 0 Å². The van der Waals surface area contributed by atoms with E-state index in [-0.39, 0.29) is 24.8 Å². The van der Waals surface area contributed by atoms with E-state index in [2.05, 4.69) is 5.32 Å². The Morgan fingerprint density at radius 1 is 1.15 bits per heavy atom. The number of aryl methyl sites for hydroxylation is 1. The quantitative estimate of drug-likeness (QED) is 0.900. The zero-order valence-electron chi connectivity index (χ0n) is 15.2. The number of hydrogen-bond acceptors (Lipinski definition) is 3. The molecule has 1 N–H and O–H groups in total. The minimum absolute atomic E-state index is 0.0436. The number of fused-ring (bicyclic) bond motifs is 1. The molecule has 5 heteroatoms. The van der Waals surface area contributed by atoms with Gasteiger partial charge in [0.15, 0.2) is 6.10 Å². The monoisotopic (exact) mass is 352 g/mol. The molecule has 0 bridgehead atoms. The van der Waals surface area contributed by atoms with Crippen LogP contribution in [0.1, 0.15) is 24.5 Å². The van der Waals surface area contributed by atoms with E-state index >= 15 is 0 Å². The molecule has 3 rings (SSSR count). The first-order chi connectivity index (χ1) is 12.6. The fourth-order valence-electron chi connectivity index (χ4n) is 2.95. The van der Waals surface area contributed by atoms with Crippen molar-refractivity contribution in [2.75, 3.05) is 18.0 Å². The second-order valence-electron chi connectivity index (χ2n) is 6.53. The summed E-state index contributed by atoms with van der Waals surface area (Å²) < 4.78 is 5.83. The van der Waals surface area contributed by atoms with E-state index in [4.69, 9.17) is 4.74 Å². The molecule has 0 saturated carbocycles. The van der Waals surface area contributed by atoms with Gasteiger partial charge in [0.25, 0.3) is 5.91 Å². The van der Waals surface area contributed by atoms with Crippen molar-refractivity contribution in [2.24, 2.45) is 0 Å². The van der Waals surface area contributed by atoms with Gasteiger partial charge in [0.2, 0.25) is 5.91 Å². The highest BCUT2D eigenvalue weighted by Crippen LogP contribution is 2.33. The highest BCUT2D eigenvalue weighted by atomic mass is 16.5. The topological polar surface area (TPSA) is 58.6 Å². The number of amides is 2. The lowest BCUT2D eigenvalue weighted by Crippen LogP contribution is -2.51. The van der Waals surface area contributed by atoms with E-state index < -0.39 is 6.10 Å². The summed E-state index contributed by atoms with van der Waals surface area (Å²) >= 11 is 0. The highest BCUT2D eigenvalue weighted by molar-refractivity contribution is 5.98. The van der Waals surface area contributed by atoms with Gasteiger partial charge in [-0.2, -0.15) is 0 Å². The van der Waals surface area contributed by atoms with Gasteiger partial charge in [-0.1, -0.05) is 48.9 Å². The maximum Gasteiger partial charge on any atom is 0.262 e. The summed E-state index contributed by atoms with van der Waals surface area (Å²) in [5, 5.41) is 2.85. The second-order valence-corrected chi connectivity index (χ2v) is 6.53. The largest absolute Gasteiger partial charge is 0.477 e. The maximum atomic E-state index is 12.9. The molecule has 0 unspecified atom stereocenters. The summed E-state index contributed by atoms with van der Waals surface area (Å²) in [6.07, 6.45) is 0.446. The van der Waals surface area contributed by atoms with Gasteiger partial charge in [0, 0.05) is 6.54 Å². The highest BCUT2D eigenvalue weighted by Gasteiger charge is 2.33. The third-order valence-corrected chi connectivity index (χ3v) is 4.39. The first-order valence-electron chi connectivity index (χ1n) is 8.97. The van der Waals surface area contributed by atoms with Crippen molar-refractivity contribution in [3.05, 3.63) is 59.7 Å². The van der Waals surface area contributed by atoms with Gasteiger partial charge in [-0.3, -0.25) is 9.59 Å². The smallest absolute Gasteiger partial charge is 0.262 e. The zero-order valence-corrected chi connectivity index (χ0v) is 15.2. The van der Waals surface area contributed by atoms with Crippen molar-refractivity contribution in [1.29, 1.82) is 0 Å². The summed E-state index contributed by atoms with van der Waals surface area (Å²) in [5.74, 6) is 0.333. The minimum atomic E-state index is -0.696. The molecule has 26 heavy (non-hydrogen) atoms. The molecule has 0 aromatic heterocycles. The Hall–Kier alpha value is -2.82. The molecule has 0 fully saturated rings. The SMILES string of the molecule is CCCNC(=O)[C@@H]1CN(C(=O)Cc2ccc(C)cc2)c2ccccc2O1. The van der Waals surface area contributed by atoms with Crippen LogP contribution in [0.25, 0.3) is 0 Å². The predicted octanol–water partition coefficient (Wildman–Crippen LogP) is 2.86. The number of anilines is 1. The van der Waals surface area contributed by atoms with Gasteiger partial charge in [-0.25, -0.2) is 0 Å². The standard InChI is InChI=1S/C21H24N2O3/c1-3-12-22-21(25)19-14-23(17-6-4-5-7-18(17)26-19)20(24)13-16-10-8-15(2)9-11-16/h4-11,19H,3,12-14H2,1-2H3,(H,22,25)/t19-/m0/s1. The molecule has 136 valence electrons. The first-order valence-corrected chi connectivity index (χ1v) is 8.97. The second kappa shape index (κ2) is 8.04. The normalized spacial score (nSPS) is 15.8. The van der Waals surface area contributed by atoms with Crippen LogP contribution in [0.4, 0.5) is 5.69 Å². The first kappa shape index (κ1) is 18.0. The van der Waals surface area contributed by atoms with Crippen LogP contribution in [0.2, 0.25) is 0 Å². The lowest BCUT2D eigenvalue weighted by Gasteiger charge is -2.34. The lowest BCUT2D eigenvalue weighted by atomic mass is 10.1. The molecular formula is C21H24N2O3. The Kier molecular flexibility index (Phi) is 5.56. The van der Waals surface area contributed by atoms with Crippen molar-refractivity contribution in [3.8, 4) is 5.75 Å². The zero-order chi connectivity index (χ0) is 18.5. The number of nitrogens with zero attached hydrogens (tertiary/aromatic N) is 1. The fraction of sp³-hybridized carbons (Fsp3) is 0.333. The Balaban J connectivity index is 1.80. The number of hydrogen-bond donors (Lipinski definition) is 1. The summed E-state index contributed by atoms with van der Waals surface area (Å²) in [6, 6.07) is 15.3. The van der Waals surface area contributed by atoms with Crippen molar-refractivity contribution in [2.45, 2.75) is 32.8 Å². The molecule has 1 aliphatic heterocycles. The number of ether oxygens (including phenoxy) is 1. The predicted molar refractivity (Wildman–Crippen MR) is 101 cm³/mol. The van der Waals surface area contributed by atoms with Crippen molar-refractivity contribution in [1.82, 2.24) is 5.32 Å². The Labute approximate surface area is 154 Å². The molecule has 2 aromatic carbocycles. The van der Waals surface area contributed by atoms with Crippen LogP contribution in [0.3, 0.4) is 0 Å². The average Bonchev–Trinajstić information content (AvgIpc) is 2.66. The Bertz CT molecular complexity index is 786. The van der Waals surface area contributed by atoms with Crippen LogP contribution in [0.15, 0.2) is 48.5 Å². The number of para-hydroxylation sites is 2. The molecule has 5 nitrogen and oxygen atoms in total. The van der Waals surface area contributed by atoms with Crippen LogP contribution in [-0.2, 0) is 16.0 Å². The van der Waals surface area contributed by atoms with Gasteiger partial charge < -0.3 is 15.0 Å². The molecule has 0 saturated heterocycles. The fourth-order valence-corrected chi connectivity index (χ4v) is 2.95. The van der Waals surface area contributed by atoms with Crippen LogP contribution < -0.4 is 15.0 Å². The summed E-state index contributed by atoms with van der Waals surface area (Å²) in [7, 11) is 0. The van der Waals surface area contributed by atoms with Gasteiger partial charge >= 0.3 is 0 Å². The van der Waals surface area contributed by atoms with Gasteiger partial charge in [-0.15, -0.1) is 0 Å². The molecule has 0 radical (unpaired) electrons. The van der Waals surface area contributed by atoms with E-state index in [9.17, 15) is 9.59 Å². The number of rotatable bonds is 5. The van der Waals surface area contributed by atoms with Crippen LogP contribution in [0, 0.1) is 6.92 Å². The van der Waals surface area contributed by atoms with E-state index in [0.29, 0.717) is 18.0 Å². The molecule has 0 spiro atoms. The van der Waals surface area contributed by atoms with E-state index in [0.717, 1.165) is 17.5 Å². The van der Waals surface area contributed by atoms with Gasteiger partial charge in [0.05, 0.1) is 18.7 Å². The van der Waals surface area contributed by atoms with Crippen molar-refractivity contribution in [3.63, 3.8) is 0 Å². The molecule has 2 amide bonds. The summed E-state index contributed by atoms with van der Waals surface area (Å²) in [6.45, 7) is 4.83. The third-order valence-electron chi connectivity index (χ3n) is 4.39. The Morgan fingerprint density at radius 2 is 1.88 bits per heavy atom. The number of carbonyl (C=O) groups is 2. The van der Waals surface area contributed by atoms with E-state index in [1.165, 1.54) is 0 Å². The van der Waals surface area contributed by atoms with E-state index in [1.807, 2.05) is 56.3 Å². The molecule has 0 aliphatic carbocycles. The summed E-state index contributed by atoms with van der Waals surface area (Å²) in [4.78, 5) is 27.0. The van der Waals surface area contributed by atoms with E-state index in [1.54, 1.807) is 11.0 Å². The number of carbonyl (C=O) groups excluding carboxylic acids is 2. The molecule has 1 aliphatic rings. The van der Waals surface area contributed by atoms with Gasteiger partial charge in [-0.05, 0) is 31.0 Å². The van der Waals surface area contributed by atoms with Crippen LogP contribution in [-0.4, -0.2) is 31.0 Å². The number of benzene rings is 2. The van der Waals surface area contributed by atoms with Crippen LogP contribution in [0.5, 0.6) is 5.75 Å². The molecule has 1 heterocycles. The van der Waals surface area contributed by atoms with Gasteiger partial charge in [0.1, 0.15) is 5.75 Å². The molecule has 1 atom stereocenters.